The lowest BCUT2D eigenvalue weighted by atomic mass is 10.1. The van der Waals surface area contributed by atoms with Crippen LogP contribution in [0.3, 0.4) is 0 Å². The van der Waals surface area contributed by atoms with E-state index in [-0.39, 0.29) is 5.82 Å². The molecule has 0 amide bonds. The zero-order chi connectivity index (χ0) is 14.6. The van der Waals surface area contributed by atoms with Crippen LogP contribution in [0, 0.1) is 5.82 Å². The van der Waals surface area contributed by atoms with Crippen LogP contribution in [0.5, 0.6) is 0 Å². The summed E-state index contributed by atoms with van der Waals surface area (Å²) in [6.45, 7) is 3.97. The van der Waals surface area contributed by atoms with Gasteiger partial charge in [-0.1, -0.05) is 69.5 Å². The SMILES string of the molecule is CCCCCCCCCCNCc1ccc(F)cc1Cl. The fourth-order valence-electron chi connectivity index (χ4n) is 2.27. The second kappa shape index (κ2) is 11.1. The Morgan fingerprint density at radius 2 is 1.65 bits per heavy atom. The Hall–Kier alpha value is -0.600. The summed E-state index contributed by atoms with van der Waals surface area (Å²) in [6.07, 6.45) is 10.6. The molecule has 0 aliphatic rings. The van der Waals surface area contributed by atoms with Crippen LogP contribution in [0.2, 0.25) is 5.02 Å². The third-order valence-corrected chi connectivity index (χ3v) is 3.89. The lowest BCUT2D eigenvalue weighted by Crippen LogP contribution is -2.14. The van der Waals surface area contributed by atoms with Gasteiger partial charge in [-0.05, 0) is 30.7 Å². The zero-order valence-corrected chi connectivity index (χ0v) is 13.3. The molecule has 114 valence electrons. The molecule has 0 spiro atoms. The first-order chi connectivity index (χ1) is 9.74. The highest BCUT2D eigenvalue weighted by atomic mass is 35.5. The molecule has 1 aromatic rings. The summed E-state index contributed by atoms with van der Waals surface area (Å²) < 4.78 is 12.9. The quantitative estimate of drug-likeness (QED) is 0.516. The van der Waals surface area contributed by atoms with Gasteiger partial charge in [0.25, 0.3) is 0 Å². The standard InChI is InChI=1S/C17H27ClFN/c1-2-3-4-5-6-7-8-9-12-20-14-15-10-11-16(19)13-17(15)18/h10-11,13,20H,2-9,12,14H2,1H3. The van der Waals surface area contributed by atoms with E-state index in [0.29, 0.717) is 5.02 Å². The van der Waals surface area contributed by atoms with E-state index < -0.39 is 0 Å². The van der Waals surface area contributed by atoms with E-state index in [1.165, 1.54) is 63.5 Å². The molecule has 1 aromatic carbocycles. The number of nitrogens with one attached hydrogen (secondary N) is 1. The summed E-state index contributed by atoms with van der Waals surface area (Å²) in [4.78, 5) is 0. The van der Waals surface area contributed by atoms with Gasteiger partial charge in [-0.3, -0.25) is 0 Å². The highest BCUT2D eigenvalue weighted by Gasteiger charge is 2.01. The van der Waals surface area contributed by atoms with Crippen LogP contribution in [-0.2, 0) is 6.54 Å². The van der Waals surface area contributed by atoms with E-state index >= 15 is 0 Å². The molecule has 1 nitrogen and oxygen atoms in total. The summed E-state index contributed by atoms with van der Waals surface area (Å²) in [5.41, 5.74) is 0.965. The minimum Gasteiger partial charge on any atom is -0.313 e. The molecule has 0 bridgehead atoms. The largest absolute Gasteiger partial charge is 0.313 e. The van der Waals surface area contributed by atoms with Crippen LogP contribution >= 0.6 is 11.6 Å². The summed E-state index contributed by atoms with van der Waals surface area (Å²) in [6, 6.07) is 4.58. The molecule has 0 heterocycles. The molecule has 0 aromatic heterocycles. The van der Waals surface area contributed by atoms with E-state index in [1.54, 1.807) is 6.07 Å². The topological polar surface area (TPSA) is 12.0 Å². The molecular formula is C17H27ClFN. The van der Waals surface area contributed by atoms with Crippen LogP contribution in [0.25, 0.3) is 0 Å². The molecule has 0 unspecified atom stereocenters. The maximum Gasteiger partial charge on any atom is 0.124 e. The predicted octanol–water partition coefficient (Wildman–Crippen LogP) is 5.71. The van der Waals surface area contributed by atoms with Crippen molar-refractivity contribution in [3.63, 3.8) is 0 Å². The molecule has 0 aliphatic heterocycles. The summed E-state index contributed by atoms with van der Waals surface area (Å²) >= 11 is 5.97. The van der Waals surface area contributed by atoms with Gasteiger partial charge < -0.3 is 5.32 Å². The smallest absolute Gasteiger partial charge is 0.124 e. The Morgan fingerprint density at radius 1 is 1.00 bits per heavy atom. The van der Waals surface area contributed by atoms with Crippen LogP contribution in [0.4, 0.5) is 4.39 Å². The minimum atomic E-state index is -0.276. The summed E-state index contributed by atoms with van der Waals surface area (Å²) in [7, 11) is 0. The maximum atomic E-state index is 12.9. The molecule has 0 aliphatic carbocycles. The molecule has 0 fully saturated rings. The van der Waals surface area contributed by atoms with Crippen molar-refractivity contribution in [2.24, 2.45) is 0 Å². The van der Waals surface area contributed by atoms with Crippen molar-refractivity contribution in [3.8, 4) is 0 Å². The van der Waals surface area contributed by atoms with E-state index in [0.717, 1.165) is 18.7 Å². The Balaban J connectivity index is 1.97. The van der Waals surface area contributed by atoms with Crippen molar-refractivity contribution < 1.29 is 4.39 Å². The highest BCUT2D eigenvalue weighted by Crippen LogP contribution is 2.16. The number of hydrogen-bond acceptors (Lipinski definition) is 1. The first kappa shape index (κ1) is 17.5. The second-order valence-corrected chi connectivity index (χ2v) is 5.79. The van der Waals surface area contributed by atoms with Gasteiger partial charge in [0.1, 0.15) is 5.82 Å². The van der Waals surface area contributed by atoms with Gasteiger partial charge >= 0.3 is 0 Å². The normalized spacial score (nSPS) is 10.9. The van der Waals surface area contributed by atoms with Gasteiger partial charge in [-0.2, -0.15) is 0 Å². The van der Waals surface area contributed by atoms with Crippen molar-refractivity contribution in [2.75, 3.05) is 6.54 Å². The fraction of sp³-hybridized carbons (Fsp3) is 0.647. The van der Waals surface area contributed by atoms with Crippen LogP contribution in [0.1, 0.15) is 63.9 Å². The molecule has 3 heteroatoms. The van der Waals surface area contributed by atoms with E-state index in [9.17, 15) is 4.39 Å². The first-order valence-corrected chi connectivity index (χ1v) is 8.26. The third-order valence-electron chi connectivity index (χ3n) is 3.54. The molecule has 1 N–H and O–H groups in total. The number of unbranched alkanes of at least 4 members (excludes halogenated alkanes) is 7. The van der Waals surface area contributed by atoms with Crippen molar-refractivity contribution in [1.29, 1.82) is 0 Å². The van der Waals surface area contributed by atoms with Crippen molar-refractivity contribution in [2.45, 2.75) is 64.8 Å². The Bertz CT molecular complexity index is 368. The highest BCUT2D eigenvalue weighted by molar-refractivity contribution is 6.31. The first-order valence-electron chi connectivity index (χ1n) is 7.88. The van der Waals surface area contributed by atoms with Gasteiger partial charge in [0.15, 0.2) is 0 Å². The molecule has 0 saturated heterocycles. The number of benzene rings is 1. The minimum absolute atomic E-state index is 0.276. The van der Waals surface area contributed by atoms with Crippen molar-refractivity contribution in [1.82, 2.24) is 5.32 Å². The molecule has 0 atom stereocenters. The molecular weight excluding hydrogens is 273 g/mol. The Morgan fingerprint density at radius 3 is 2.30 bits per heavy atom. The average Bonchev–Trinajstić information content (AvgIpc) is 2.43. The Kier molecular flexibility index (Phi) is 9.69. The monoisotopic (exact) mass is 299 g/mol. The van der Waals surface area contributed by atoms with Crippen LogP contribution < -0.4 is 5.32 Å². The molecule has 20 heavy (non-hydrogen) atoms. The lowest BCUT2D eigenvalue weighted by Gasteiger charge is -2.07. The average molecular weight is 300 g/mol. The van der Waals surface area contributed by atoms with Gasteiger partial charge in [-0.15, -0.1) is 0 Å². The fourth-order valence-corrected chi connectivity index (χ4v) is 2.51. The Labute approximate surface area is 127 Å². The molecule has 1 rings (SSSR count). The molecule has 0 radical (unpaired) electrons. The molecule has 0 saturated carbocycles. The zero-order valence-electron chi connectivity index (χ0n) is 12.6. The number of hydrogen-bond donors (Lipinski definition) is 1. The van der Waals surface area contributed by atoms with Gasteiger partial charge in [0.2, 0.25) is 0 Å². The third kappa shape index (κ3) is 7.86. The number of halogens is 2. The van der Waals surface area contributed by atoms with E-state index in [2.05, 4.69) is 12.2 Å². The van der Waals surface area contributed by atoms with Crippen molar-refractivity contribution >= 4 is 11.6 Å². The van der Waals surface area contributed by atoms with E-state index in [4.69, 9.17) is 11.6 Å². The van der Waals surface area contributed by atoms with Crippen molar-refractivity contribution in [3.05, 3.63) is 34.6 Å². The van der Waals surface area contributed by atoms with Crippen LogP contribution in [-0.4, -0.2) is 6.54 Å². The van der Waals surface area contributed by atoms with Crippen LogP contribution in [0.15, 0.2) is 18.2 Å². The summed E-state index contributed by atoms with van der Waals surface area (Å²) in [5.74, 6) is -0.276. The number of rotatable bonds is 11. The van der Waals surface area contributed by atoms with E-state index in [1.807, 2.05) is 0 Å². The van der Waals surface area contributed by atoms with Gasteiger partial charge in [-0.25, -0.2) is 4.39 Å². The maximum absolute atomic E-state index is 12.9. The lowest BCUT2D eigenvalue weighted by molar-refractivity contribution is 0.555. The predicted molar refractivity (Wildman–Crippen MR) is 85.7 cm³/mol. The van der Waals surface area contributed by atoms with Gasteiger partial charge in [0.05, 0.1) is 0 Å². The van der Waals surface area contributed by atoms with Gasteiger partial charge in [0, 0.05) is 11.6 Å². The second-order valence-electron chi connectivity index (χ2n) is 5.39. The summed E-state index contributed by atoms with van der Waals surface area (Å²) in [5, 5.41) is 3.87.